The molecule has 1 atom stereocenters. The van der Waals surface area contributed by atoms with Crippen molar-refractivity contribution in [3.05, 3.63) is 51.2 Å². The molecule has 4 nitrogen and oxygen atoms in total. The van der Waals surface area contributed by atoms with Crippen LogP contribution in [0, 0.1) is 6.92 Å². The summed E-state index contributed by atoms with van der Waals surface area (Å²) in [5, 5.41) is 11.9. The number of alkyl halides is 3. The predicted octanol–water partition coefficient (Wildman–Crippen LogP) is 6.24. The fourth-order valence-corrected chi connectivity index (χ4v) is 4.10. The average Bonchev–Trinajstić information content (AvgIpc) is 3.15. The quantitative estimate of drug-likeness (QED) is 0.532. The Kier molecular flexibility index (Phi) is 5.14. The van der Waals surface area contributed by atoms with Gasteiger partial charge in [0, 0.05) is 15.6 Å². The number of benzene rings is 1. The summed E-state index contributed by atoms with van der Waals surface area (Å²) in [6.45, 7) is 2.89. The third kappa shape index (κ3) is 3.91. The van der Waals surface area contributed by atoms with E-state index in [1.165, 1.54) is 24.3 Å². The van der Waals surface area contributed by atoms with E-state index in [-0.39, 0.29) is 17.9 Å². The van der Waals surface area contributed by atoms with Crippen LogP contribution in [-0.4, -0.2) is 11.1 Å². The van der Waals surface area contributed by atoms with Crippen molar-refractivity contribution < 1.29 is 32.2 Å². The van der Waals surface area contributed by atoms with Crippen LogP contribution in [-0.2, 0) is 17.6 Å². The molecule has 2 aromatic heterocycles. The first kappa shape index (κ1) is 19.6. The number of carbonyl (C=O) groups is 1. The van der Waals surface area contributed by atoms with Gasteiger partial charge in [-0.05, 0) is 43.0 Å². The lowest BCUT2D eigenvalue weighted by molar-refractivity contribution is -0.153. The highest BCUT2D eigenvalue weighted by Crippen LogP contribution is 2.39. The molecule has 3 aromatic rings. The van der Waals surface area contributed by atoms with Crippen molar-refractivity contribution in [2.75, 3.05) is 0 Å². The summed E-state index contributed by atoms with van der Waals surface area (Å²) in [4.78, 5) is 11.2. The number of halogens is 4. The molecular weight excluding hydrogens is 405 g/mol. The number of hydrogen-bond acceptors (Lipinski definition) is 4. The topological polar surface area (TPSA) is 59.7 Å². The van der Waals surface area contributed by atoms with Crippen molar-refractivity contribution in [3.63, 3.8) is 0 Å². The van der Waals surface area contributed by atoms with Gasteiger partial charge in [-0.1, -0.05) is 11.6 Å². The second kappa shape index (κ2) is 7.09. The zero-order valence-electron chi connectivity index (χ0n) is 14.2. The fourth-order valence-electron chi connectivity index (χ4n) is 2.62. The lowest BCUT2D eigenvalue weighted by Gasteiger charge is -2.09. The van der Waals surface area contributed by atoms with E-state index in [0.717, 1.165) is 10.8 Å². The molecule has 1 N–H and O–H groups in total. The van der Waals surface area contributed by atoms with Crippen LogP contribution >= 0.6 is 22.9 Å². The van der Waals surface area contributed by atoms with Gasteiger partial charge in [0.25, 0.3) is 0 Å². The van der Waals surface area contributed by atoms with Crippen molar-refractivity contribution >= 4 is 39.0 Å². The summed E-state index contributed by atoms with van der Waals surface area (Å²) in [7, 11) is 0. The maximum absolute atomic E-state index is 12.7. The maximum atomic E-state index is 12.7. The molecule has 3 rings (SSSR count). The SMILES string of the molecule is Cc1oc(C(F)(F)F)cc1COc1cc(Cl)c2c(C(C)C(=O)O)csc2c1. The first-order chi connectivity index (χ1) is 12.6. The summed E-state index contributed by atoms with van der Waals surface area (Å²) >= 11 is 7.63. The van der Waals surface area contributed by atoms with E-state index in [0.29, 0.717) is 21.7 Å². The Morgan fingerprint density at radius 3 is 2.67 bits per heavy atom. The molecule has 0 bridgehead atoms. The molecule has 9 heteroatoms. The molecule has 0 aliphatic heterocycles. The maximum Gasteiger partial charge on any atom is 0.449 e. The summed E-state index contributed by atoms with van der Waals surface area (Å²) in [5.74, 6) is -2.24. The lowest BCUT2D eigenvalue weighted by atomic mass is 10.0. The third-order valence-corrected chi connectivity index (χ3v) is 5.41. The van der Waals surface area contributed by atoms with E-state index in [4.69, 9.17) is 20.8 Å². The molecule has 0 saturated heterocycles. The number of ether oxygens (including phenoxy) is 1. The van der Waals surface area contributed by atoms with Gasteiger partial charge in [0.2, 0.25) is 5.76 Å². The van der Waals surface area contributed by atoms with E-state index in [1.807, 2.05) is 0 Å². The van der Waals surface area contributed by atoms with E-state index < -0.39 is 23.8 Å². The molecule has 2 heterocycles. The molecule has 0 spiro atoms. The Labute approximate surface area is 161 Å². The minimum absolute atomic E-state index is 0.114. The number of aliphatic carboxylic acids is 1. The molecule has 27 heavy (non-hydrogen) atoms. The zero-order chi connectivity index (χ0) is 19.9. The number of carboxylic acid groups (broad SMARTS) is 1. The number of rotatable bonds is 5. The monoisotopic (exact) mass is 418 g/mol. The predicted molar refractivity (Wildman–Crippen MR) is 95.7 cm³/mol. The summed E-state index contributed by atoms with van der Waals surface area (Å²) in [5.41, 5.74) is 0.893. The molecule has 0 aliphatic rings. The summed E-state index contributed by atoms with van der Waals surface area (Å²) in [6, 6.07) is 4.12. The molecule has 0 fully saturated rings. The molecular formula is C18H14ClF3O4S. The average molecular weight is 419 g/mol. The van der Waals surface area contributed by atoms with Gasteiger partial charge in [0.15, 0.2) is 0 Å². The van der Waals surface area contributed by atoms with Crippen molar-refractivity contribution in [3.8, 4) is 5.75 Å². The van der Waals surface area contributed by atoms with E-state index >= 15 is 0 Å². The zero-order valence-corrected chi connectivity index (χ0v) is 15.8. The second-order valence-electron chi connectivity index (χ2n) is 6.01. The number of hydrogen-bond donors (Lipinski definition) is 1. The number of aryl methyl sites for hydroxylation is 1. The van der Waals surface area contributed by atoms with Crippen LogP contribution in [0.15, 0.2) is 28.0 Å². The fraction of sp³-hybridized carbons (Fsp3) is 0.278. The highest BCUT2D eigenvalue weighted by atomic mass is 35.5. The Bertz CT molecular complexity index is 1010. The Hall–Kier alpha value is -2.19. The standard InChI is InChI=1S/C18H14ClF3O4S/c1-8(17(23)24)12-7-27-14-5-11(4-13(19)16(12)14)25-6-10-3-15(18(20,21)22)26-9(10)2/h3-5,7-8H,6H2,1-2H3,(H,23,24). The van der Waals surface area contributed by atoms with Crippen LogP contribution in [0.3, 0.4) is 0 Å². The first-order valence-corrected chi connectivity index (χ1v) is 9.06. The van der Waals surface area contributed by atoms with Crippen LogP contribution in [0.1, 0.15) is 35.5 Å². The van der Waals surface area contributed by atoms with Gasteiger partial charge < -0.3 is 14.3 Å². The van der Waals surface area contributed by atoms with E-state index in [9.17, 15) is 23.1 Å². The Balaban J connectivity index is 1.85. The molecule has 1 unspecified atom stereocenters. The normalized spacial score (nSPS) is 13.1. The van der Waals surface area contributed by atoms with Gasteiger partial charge in [-0.2, -0.15) is 13.2 Å². The Morgan fingerprint density at radius 2 is 2.07 bits per heavy atom. The number of carboxylic acids is 1. The van der Waals surface area contributed by atoms with Crippen molar-refractivity contribution in [1.82, 2.24) is 0 Å². The lowest BCUT2D eigenvalue weighted by Crippen LogP contribution is -2.06. The van der Waals surface area contributed by atoms with Gasteiger partial charge in [0.05, 0.1) is 10.9 Å². The second-order valence-corrected chi connectivity index (χ2v) is 7.33. The van der Waals surface area contributed by atoms with E-state index in [2.05, 4.69) is 0 Å². The van der Waals surface area contributed by atoms with Crippen LogP contribution in [0.5, 0.6) is 5.75 Å². The van der Waals surface area contributed by atoms with Crippen molar-refractivity contribution in [2.45, 2.75) is 32.5 Å². The van der Waals surface area contributed by atoms with Crippen LogP contribution in [0.4, 0.5) is 13.2 Å². The number of thiophene rings is 1. The highest BCUT2D eigenvalue weighted by Gasteiger charge is 2.35. The van der Waals surface area contributed by atoms with Crippen molar-refractivity contribution in [1.29, 1.82) is 0 Å². The van der Waals surface area contributed by atoms with Crippen molar-refractivity contribution in [2.24, 2.45) is 0 Å². The minimum atomic E-state index is -4.56. The minimum Gasteiger partial charge on any atom is -0.489 e. The van der Waals surface area contributed by atoms with Crippen LogP contribution in [0.2, 0.25) is 5.02 Å². The largest absolute Gasteiger partial charge is 0.489 e. The van der Waals surface area contributed by atoms with E-state index in [1.54, 1.807) is 18.4 Å². The van der Waals surface area contributed by atoms with Gasteiger partial charge in [-0.15, -0.1) is 11.3 Å². The molecule has 0 amide bonds. The van der Waals surface area contributed by atoms with Crippen LogP contribution in [0.25, 0.3) is 10.1 Å². The number of furan rings is 1. The van der Waals surface area contributed by atoms with Crippen LogP contribution < -0.4 is 4.74 Å². The highest BCUT2D eigenvalue weighted by molar-refractivity contribution is 7.17. The molecule has 0 radical (unpaired) electrons. The molecule has 1 aromatic carbocycles. The smallest absolute Gasteiger partial charge is 0.449 e. The van der Waals surface area contributed by atoms with Gasteiger partial charge >= 0.3 is 12.1 Å². The molecule has 144 valence electrons. The summed E-state index contributed by atoms with van der Waals surface area (Å²) in [6.07, 6.45) is -4.56. The summed E-state index contributed by atoms with van der Waals surface area (Å²) < 4.78 is 49.2. The van der Waals surface area contributed by atoms with Gasteiger partial charge in [0.1, 0.15) is 18.1 Å². The van der Waals surface area contributed by atoms with Gasteiger partial charge in [-0.3, -0.25) is 4.79 Å². The number of fused-ring (bicyclic) bond motifs is 1. The molecule has 0 aliphatic carbocycles. The molecule has 0 saturated carbocycles. The van der Waals surface area contributed by atoms with Gasteiger partial charge in [-0.25, -0.2) is 0 Å². The third-order valence-electron chi connectivity index (χ3n) is 4.16. The first-order valence-electron chi connectivity index (χ1n) is 7.80. The Morgan fingerprint density at radius 1 is 1.37 bits per heavy atom.